The van der Waals surface area contributed by atoms with Gasteiger partial charge in [-0.3, -0.25) is 4.79 Å². The molecular formula is C22H26N2O7. The van der Waals surface area contributed by atoms with Gasteiger partial charge in [0, 0.05) is 25.1 Å². The van der Waals surface area contributed by atoms with Gasteiger partial charge in [-0.1, -0.05) is 25.1 Å². The zero-order valence-corrected chi connectivity index (χ0v) is 17.1. The smallest absolute Gasteiger partial charge is 0.251 e. The van der Waals surface area contributed by atoms with Crippen molar-refractivity contribution in [3.05, 3.63) is 53.6 Å². The Morgan fingerprint density at radius 1 is 1.06 bits per heavy atom. The van der Waals surface area contributed by atoms with Gasteiger partial charge in [0.1, 0.15) is 24.0 Å². The average molecular weight is 430 g/mol. The van der Waals surface area contributed by atoms with E-state index in [2.05, 4.69) is 5.32 Å². The van der Waals surface area contributed by atoms with Gasteiger partial charge in [0.2, 0.25) is 6.29 Å². The van der Waals surface area contributed by atoms with Crippen LogP contribution in [0.1, 0.15) is 22.8 Å². The lowest BCUT2D eigenvalue weighted by molar-refractivity contribution is -0.172. The Bertz CT molecular complexity index is 944. The Labute approximate surface area is 179 Å². The summed E-state index contributed by atoms with van der Waals surface area (Å²) < 4.78 is 5.24. The quantitative estimate of drug-likeness (QED) is 0.303. The minimum absolute atomic E-state index is 0.0443. The second-order valence-corrected chi connectivity index (χ2v) is 7.12. The fourth-order valence-electron chi connectivity index (χ4n) is 2.90. The van der Waals surface area contributed by atoms with Crippen LogP contribution in [0.4, 0.5) is 0 Å². The molecule has 0 radical (unpaired) electrons. The summed E-state index contributed by atoms with van der Waals surface area (Å²) in [6.45, 7) is 1.03. The topological polar surface area (TPSA) is 163 Å². The third-order valence-electron chi connectivity index (χ3n) is 4.90. The molecule has 2 aromatic carbocycles. The normalized spacial score (nSPS) is 15.8. The number of carbonyl (C=O) groups is 1. The van der Waals surface area contributed by atoms with E-state index < -0.39 is 37.1 Å². The van der Waals surface area contributed by atoms with Crippen molar-refractivity contribution in [1.29, 1.82) is 5.26 Å². The van der Waals surface area contributed by atoms with Crippen LogP contribution in [0.15, 0.2) is 42.5 Å². The number of amides is 1. The van der Waals surface area contributed by atoms with Gasteiger partial charge < -0.3 is 35.6 Å². The molecule has 9 nitrogen and oxygen atoms in total. The van der Waals surface area contributed by atoms with Gasteiger partial charge in [0.25, 0.3) is 5.91 Å². The number of hydrogen-bond donors (Lipinski definition) is 6. The highest BCUT2D eigenvalue weighted by molar-refractivity contribution is 5.95. The molecule has 6 N–H and O–H groups in total. The molecule has 5 atom stereocenters. The monoisotopic (exact) mass is 430 g/mol. The van der Waals surface area contributed by atoms with Crippen LogP contribution < -0.4 is 10.1 Å². The standard InChI is InChI=1S/C22H26N2O7/c1-12(11-25)18(26)19(27)20(28)22(30)31-17-7-6-14(9-16(17)10-23)13-4-3-5-15(8-13)21(29)24-2/h3-9,12,18-20,22,25-28,30H,11H2,1-2H3,(H,24,29). The minimum atomic E-state index is -1.94. The van der Waals surface area contributed by atoms with Gasteiger partial charge >= 0.3 is 0 Å². The first kappa shape index (κ1) is 24.3. The maximum absolute atomic E-state index is 11.8. The predicted molar refractivity (Wildman–Crippen MR) is 111 cm³/mol. The lowest BCUT2D eigenvalue weighted by atomic mass is 9.96. The number of carbonyl (C=O) groups excluding carboxylic acids is 1. The summed E-state index contributed by atoms with van der Waals surface area (Å²) in [5.41, 5.74) is 1.80. The summed E-state index contributed by atoms with van der Waals surface area (Å²) in [7, 11) is 1.52. The first-order chi connectivity index (χ1) is 14.7. The number of aliphatic hydroxyl groups excluding tert-OH is 5. The highest BCUT2D eigenvalue weighted by Crippen LogP contribution is 2.28. The summed E-state index contributed by atoms with van der Waals surface area (Å²) >= 11 is 0. The van der Waals surface area contributed by atoms with Crippen molar-refractivity contribution in [2.45, 2.75) is 31.5 Å². The average Bonchev–Trinajstić information content (AvgIpc) is 2.81. The largest absolute Gasteiger partial charge is 0.461 e. The first-order valence-electron chi connectivity index (χ1n) is 9.59. The molecule has 0 aliphatic heterocycles. The number of benzene rings is 2. The molecule has 0 aromatic heterocycles. The van der Waals surface area contributed by atoms with Crippen LogP contribution >= 0.6 is 0 Å². The van der Waals surface area contributed by atoms with Crippen LogP contribution in [0.3, 0.4) is 0 Å². The second-order valence-electron chi connectivity index (χ2n) is 7.12. The lowest BCUT2D eigenvalue weighted by Gasteiger charge is -2.29. The van der Waals surface area contributed by atoms with E-state index in [1.54, 1.807) is 30.3 Å². The molecule has 0 saturated carbocycles. The number of rotatable bonds is 9. The molecule has 0 spiro atoms. The van der Waals surface area contributed by atoms with Crippen molar-refractivity contribution in [2.75, 3.05) is 13.7 Å². The Balaban J connectivity index is 2.22. The van der Waals surface area contributed by atoms with Gasteiger partial charge in [-0.05, 0) is 35.4 Å². The highest BCUT2D eigenvalue weighted by atomic mass is 16.6. The molecule has 0 fully saturated rings. The summed E-state index contributed by atoms with van der Waals surface area (Å²) in [6.07, 6.45) is -7.11. The number of hydrogen-bond acceptors (Lipinski definition) is 8. The molecule has 166 valence electrons. The molecule has 9 heteroatoms. The van der Waals surface area contributed by atoms with Crippen LogP contribution in [-0.4, -0.2) is 69.7 Å². The maximum Gasteiger partial charge on any atom is 0.251 e. The molecule has 2 rings (SSSR count). The van der Waals surface area contributed by atoms with E-state index in [1.807, 2.05) is 6.07 Å². The molecule has 0 aliphatic rings. The van der Waals surface area contributed by atoms with Crippen molar-refractivity contribution in [2.24, 2.45) is 5.92 Å². The number of aliphatic hydroxyl groups is 5. The van der Waals surface area contributed by atoms with Gasteiger partial charge in [-0.15, -0.1) is 0 Å². The van der Waals surface area contributed by atoms with Crippen molar-refractivity contribution >= 4 is 5.91 Å². The molecule has 0 heterocycles. The van der Waals surface area contributed by atoms with E-state index in [0.717, 1.165) is 0 Å². The van der Waals surface area contributed by atoms with E-state index in [4.69, 9.17) is 9.84 Å². The van der Waals surface area contributed by atoms with Crippen molar-refractivity contribution in [3.8, 4) is 22.9 Å². The van der Waals surface area contributed by atoms with E-state index in [1.165, 1.54) is 26.1 Å². The Kier molecular flexibility index (Phi) is 8.50. The zero-order valence-electron chi connectivity index (χ0n) is 17.1. The van der Waals surface area contributed by atoms with Crippen LogP contribution in [0.25, 0.3) is 11.1 Å². The fraction of sp³-hybridized carbons (Fsp3) is 0.364. The maximum atomic E-state index is 11.8. The Morgan fingerprint density at radius 2 is 1.74 bits per heavy atom. The van der Waals surface area contributed by atoms with Crippen LogP contribution in [-0.2, 0) is 0 Å². The molecular weight excluding hydrogens is 404 g/mol. The molecule has 0 aliphatic carbocycles. The van der Waals surface area contributed by atoms with Crippen molar-refractivity contribution < 1.29 is 35.1 Å². The van der Waals surface area contributed by atoms with Crippen LogP contribution in [0, 0.1) is 17.2 Å². The van der Waals surface area contributed by atoms with E-state index in [9.17, 15) is 30.5 Å². The summed E-state index contributed by atoms with van der Waals surface area (Å²) in [6, 6.07) is 13.2. The minimum Gasteiger partial charge on any atom is -0.461 e. The molecule has 0 bridgehead atoms. The fourth-order valence-corrected chi connectivity index (χ4v) is 2.90. The third-order valence-corrected chi connectivity index (χ3v) is 4.90. The van der Waals surface area contributed by atoms with Gasteiger partial charge in [-0.2, -0.15) is 5.26 Å². The van der Waals surface area contributed by atoms with Crippen molar-refractivity contribution in [3.63, 3.8) is 0 Å². The third kappa shape index (κ3) is 5.79. The first-order valence-corrected chi connectivity index (χ1v) is 9.59. The van der Waals surface area contributed by atoms with E-state index in [-0.39, 0.29) is 17.2 Å². The number of nitrogens with one attached hydrogen (secondary N) is 1. The van der Waals surface area contributed by atoms with Gasteiger partial charge in [-0.25, -0.2) is 0 Å². The highest BCUT2D eigenvalue weighted by Gasteiger charge is 2.34. The van der Waals surface area contributed by atoms with Crippen molar-refractivity contribution in [1.82, 2.24) is 5.32 Å². The second kappa shape index (κ2) is 10.9. The lowest BCUT2D eigenvalue weighted by Crippen LogP contribution is -2.49. The predicted octanol–water partition coefficient (Wildman–Crippen LogP) is -0.00682. The number of nitrogens with zero attached hydrogens (tertiary/aromatic N) is 1. The summed E-state index contributed by atoms with van der Waals surface area (Å²) in [4.78, 5) is 11.8. The molecule has 2 aromatic rings. The summed E-state index contributed by atoms with van der Waals surface area (Å²) in [5.74, 6) is -1.04. The van der Waals surface area contributed by atoms with Crippen LogP contribution in [0.5, 0.6) is 5.75 Å². The zero-order chi connectivity index (χ0) is 23.1. The SMILES string of the molecule is CNC(=O)c1cccc(-c2ccc(OC(O)C(O)C(O)C(O)C(C)CO)c(C#N)c2)c1. The molecule has 0 saturated heterocycles. The molecule has 1 amide bonds. The van der Waals surface area contributed by atoms with Gasteiger partial charge in [0.05, 0.1) is 11.7 Å². The Morgan fingerprint density at radius 3 is 2.35 bits per heavy atom. The molecule has 5 unspecified atom stereocenters. The summed E-state index contributed by atoms with van der Waals surface area (Å²) in [5, 5.41) is 61.1. The van der Waals surface area contributed by atoms with Crippen LogP contribution in [0.2, 0.25) is 0 Å². The van der Waals surface area contributed by atoms with Gasteiger partial charge in [0.15, 0.2) is 0 Å². The van der Waals surface area contributed by atoms with E-state index >= 15 is 0 Å². The Hall–Kier alpha value is -3.00. The molecule has 31 heavy (non-hydrogen) atoms. The van der Waals surface area contributed by atoms with E-state index in [0.29, 0.717) is 16.7 Å². The number of nitriles is 1. The number of ether oxygens (including phenoxy) is 1.